The molecule has 2 N–H and O–H groups in total. The Morgan fingerprint density at radius 2 is 1.96 bits per heavy atom. The zero-order valence-electron chi connectivity index (χ0n) is 31.3. The van der Waals surface area contributed by atoms with Crippen LogP contribution in [0, 0.1) is 52.3 Å². The van der Waals surface area contributed by atoms with E-state index in [4.69, 9.17) is 15.2 Å². The van der Waals surface area contributed by atoms with Crippen molar-refractivity contribution in [2.75, 3.05) is 26.2 Å². The summed E-state index contributed by atoms with van der Waals surface area (Å²) in [6, 6.07) is 7.50. The third kappa shape index (κ3) is 3.86. The molecule has 1 aromatic rings. The van der Waals surface area contributed by atoms with Crippen LogP contribution in [0.1, 0.15) is 112 Å². The number of fused-ring (bicyclic) bond motifs is 4. The molecule has 2 spiro atoms. The average molecular weight is 704 g/mol. The lowest BCUT2D eigenvalue weighted by Gasteiger charge is -2.69. The SMILES string of the molecule is CCCC1C23C=C4CCC2(C(=CC2CC5CCCC2N2CC6CC(CN(C6)C6=CCC(C)CC46)C52)OC3=O)C12OC(=O)c1c(CCCN)cccc12. The van der Waals surface area contributed by atoms with Crippen molar-refractivity contribution in [2.45, 2.75) is 115 Å². The molecular weight excluding hydrogens is 647 g/mol. The van der Waals surface area contributed by atoms with Gasteiger partial charge in [-0.25, -0.2) is 4.79 Å². The molecule has 13 atom stereocenters. The number of hydrogen-bond acceptors (Lipinski definition) is 7. The molecule has 1 aromatic carbocycles. The first kappa shape index (κ1) is 32.5. The molecule has 7 heteroatoms. The molecule has 276 valence electrons. The molecule has 7 nitrogen and oxygen atoms in total. The van der Waals surface area contributed by atoms with Crippen LogP contribution in [-0.2, 0) is 26.3 Å². The quantitative estimate of drug-likeness (QED) is 0.255. The number of benzene rings is 1. The maximum atomic E-state index is 15.1. The molecule has 12 heterocycles. The summed E-state index contributed by atoms with van der Waals surface area (Å²) >= 11 is 0. The number of allylic oxidation sites excluding steroid dienone is 2. The van der Waals surface area contributed by atoms with Crippen LogP contribution in [0.4, 0.5) is 0 Å². The minimum atomic E-state index is -0.922. The van der Waals surface area contributed by atoms with Gasteiger partial charge in [0.15, 0.2) is 5.60 Å². The fourth-order valence-electron chi connectivity index (χ4n) is 15.1. The van der Waals surface area contributed by atoms with Gasteiger partial charge in [-0.2, -0.15) is 0 Å². The highest BCUT2D eigenvalue weighted by atomic mass is 16.6. The lowest BCUT2D eigenvalue weighted by Crippen LogP contribution is -2.75. The Hall–Kier alpha value is -2.90. The zero-order valence-corrected chi connectivity index (χ0v) is 31.3. The van der Waals surface area contributed by atoms with Gasteiger partial charge in [-0.3, -0.25) is 9.69 Å². The van der Waals surface area contributed by atoms with Crippen LogP contribution in [0.15, 0.2) is 53.5 Å². The maximum Gasteiger partial charge on any atom is 0.339 e. The van der Waals surface area contributed by atoms with E-state index in [1.54, 1.807) is 5.70 Å². The van der Waals surface area contributed by atoms with Crippen molar-refractivity contribution in [3.05, 3.63) is 70.1 Å². The number of carbonyl (C=O) groups excluding carboxylic acids is 2. The number of ether oxygens (including phenoxy) is 2. The smallest absolute Gasteiger partial charge is 0.339 e. The van der Waals surface area contributed by atoms with Crippen LogP contribution in [-0.4, -0.2) is 60.0 Å². The van der Waals surface area contributed by atoms with Gasteiger partial charge in [0.05, 0.1) is 11.0 Å². The first-order valence-corrected chi connectivity index (χ1v) is 21.3. The summed E-state index contributed by atoms with van der Waals surface area (Å²) in [6.45, 7) is 8.77. The summed E-state index contributed by atoms with van der Waals surface area (Å²) in [5.41, 5.74) is 9.23. The van der Waals surface area contributed by atoms with Gasteiger partial charge in [0, 0.05) is 54.8 Å². The topological polar surface area (TPSA) is 85.1 Å². The number of rotatable bonds is 5. The Morgan fingerprint density at radius 1 is 1.06 bits per heavy atom. The third-order valence-corrected chi connectivity index (χ3v) is 16.6. The zero-order chi connectivity index (χ0) is 35.1. The van der Waals surface area contributed by atoms with Gasteiger partial charge in [0.2, 0.25) is 0 Å². The highest BCUT2D eigenvalue weighted by Crippen LogP contribution is 2.84. The molecule has 2 saturated carbocycles. The van der Waals surface area contributed by atoms with E-state index >= 15 is 4.79 Å². The third-order valence-electron chi connectivity index (χ3n) is 16.6. The molecule has 5 saturated heterocycles. The molecule has 0 amide bonds. The summed E-state index contributed by atoms with van der Waals surface area (Å²) in [6.07, 6.45) is 21.1. The molecule has 7 fully saturated rings. The van der Waals surface area contributed by atoms with Gasteiger partial charge < -0.3 is 20.1 Å². The van der Waals surface area contributed by atoms with Crippen molar-refractivity contribution in [2.24, 2.45) is 58.0 Å². The normalized spacial score (nSPS) is 46.0. The molecule has 12 bridgehead atoms. The van der Waals surface area contributed by atoms with Crippen LogP contribution in [0.5, 0.6) is 0 Å². The summed E-state index contributed by atoms with van der Waals surface area (Å²) in [7, 11) is 0. The first-order chi connectivity index (χ1) is 25.3. The summed E-state index contributed by atoms with van der Waals surface area (Å²) in [5.74, 6) is 3.72. The van der Waals surface area contributed by atoms with E-state index in [1.165, 1.54) is 57.3 Å². The summed E-state index contributed by atoms with van der Waals surface area (Å²) in [5, 5.41) is 0. The Labute approximate surface area is 309 Å². The average Bonchev–Trinajstić information content (AvgIpc) is 3.36. The number of aryl methyl sites for hydroxylation is 1. The molecule has 17 rings (SSSR count). The monoisotopic (exact) mass is 703 g/mol. The minimum absolute atomic E-state index is 0.0935. The molecule has 0 radical (unpaired) electrons. The van der Waals surface area contributed by atoms with E-state index in [9.17, 15) is 4.79 Å². The minimum Gasteiger partial charge on any atom is -0.449 e. The largest absolute Gasteiger partial charge is 0.449 e. The van der Waals surface area contributed by atoms with E-state index in [-0.39, 0.29) is 17.9 Å². The van der Waals surface area contributed by atoms with Crippen molar-refractivity contribution < 1.29 is 19.1 Å². The number of nitrogens with zero attached hydrogens (tertiary/aromatic N) is 2. The van der Waals surface area contributed by atoms with Crippen LogP contribution in [0.25, 0.3) is 0 Å². The number of carbonyl (C=O) groups is 2. The molecule has 13 unspecified atom stereocenters. The lowest BCUT2D eigenvalue weighted by molar-refractivity contribution is -0.271. The van der Waals surface area contributed by atoms with Crippen LogP contribution in [0.2, 0.25) is 0 Å². The maximum absolute atomic E-state index is 15.1. The number of hydrogen-bond donors (Lipinski definition) is 1. The van der Waals surface area contributed by atoms with Crippen molar-refractivity contribution in [1.29, 1.82) is 0 Å². The lowest BCUT2D eigenvalue weighted by atomic mass is 9.31. The van der Waals surface area contributed by atoms with Crippen molar-refractivity contribution >= 4 is 11.9 Å². The number of esters is 2. The summed E-state index contributed by atoms with van der Waals surface area (Å²) < 4.78 is 13.9. The fourth-order valence-corrected chi connectivity index (χ4v) is 15.1. The molecule has 52 heavy (non-hydrogen) atoms. The van der Waals surface area contributed by atoms with Gasteiger partial charge in [0.25, 0.3) is 0 Å². The molecular formula is C45H57N3O4. The number of piperidine rings is 3. The molecule has 0 aromatic heterocycles. The second-order valence-corrected chi connectivity index (χ2v) is 19.0. The van der Waals surface area contributed by atoms with Gasteiger partial charge in [0.1, 0.15) is 11.2 Å². The second kappa shape index (κ2) is 11.3. The molecule has 16 aliphatic rings. The van der Waals surface area contributed by atoms with Crippen LogP contribution in [0.3, 0.4) is 0 Å². The highest BCUT2D eigenvalue weighted by molar-refractivity contribution is 5.99. The summed E-state index contributed by atoms with van der Waals surface area (Å²) in [4.78, 5) is 35.4. The molecule has 4 aliphatic carbocycles. The Morgan fingerprint density at radius 3 is 2.83 bits per heavy atom. The Kier molecular flexibility index (Phi) is 7.08. The fraction of sp³-hybridized carbons (Fsp3) is 0.689. The van der Waals surface area contributed by atoms with Crippen molar-refractivity contribution in [1.82, 2.24) is 9.80 Å². The Bertz CT molecular complexity index is 1830. The van der Waals surface area contributed by atoms with E-state index in [2.05, 4.69) is 60.1 Å². The molecule has 12 aliphatic heterocycles. The predicted octanol–water partition coefficient (Wildman–Crippen LogP) is 7.26. The van der Waals surface area contributed by atoms with Gasteiger partial charge >= 0.3 is 11.9 Å². The van der Waals surface area contributed by atoms with Crippen molar-refractivity contribution in [3.8, 4) is 0 Å². The van der Waals surface area contributed by atoms with Gasteiger partial charge in [-0.05, 0) is 118 Å². The van der Waals surface area contributed by atoms with E-state index in [1.807, 2.05) is 0 Å². The number of nitrogens with two attached hydrogens (primary N) is 1. The first-order valence-electron chi connectivity index (χ1n) is 21.3. The Balaban J connectivity index is 1.17. The van der Waals surface area contributed by atoms with Crippen LogP contribution >= 0.6 is 0 Å². The van der Waals surface area contributed by atoms with Crippen molar-refractivity contribution in [3.63, 3.8) is 0 Å². The van der Waals surface area contributed by atoms with Gasteiger partial charge in [-0.1, -0.05) is 62.6 Å². The van der Waals surface area contributed by atoms with Gasteiger partial charge in [-0.15, -0.1) is 0 Å². The highest BCUT2D eigenvalue weighted by Gasteiger charge is 2.91. The van der Waals surface area contributed by atoms with E-state index < -0.39 is 16.4 Å². The van der Waals surface area contributed by atoms with E-state index in [0.717, 1.165) is 79.7 Å². The van der Waals surface area contributed by atoms with E-state index in [0.29, 0.717) is 48.2 Å². The predicted molar refractivity (Wildman–Crippen MR) is 199 cm³/mol. The standard InChI is InChI=1S/C45H57N3O4/c1-3-7-37-43-22-30-15-16-44(43,45(37)34-11-4-8-28(10-6-17-46)39(34)41(49)52-45)38(51-42(43)50)21-31-20-29-9-5-12-35(31)48-24-27-19-32(40(29)48)25-47(23-27)36-14-13-26(2)18-33(30)36/h4,8,11,14,21-22,26-27,29,31-33,35,37,40H,3,5-7,9-10,12-13,15-20,23-25,46H2,1-2H3. The van der Waals surface area contributed by atoms with Crippen LogP contribution < -0.4 is 5.73 Å². The second-order valence-electron chi connectivity index (χ2n) is 19.0.